The van der Waals surface area contributed by atoms with Gasteiger partial charge in [0.25, 0.3) is 0 Å². The quantitative estimate of drug-likeness (QED) is 0.550. The molecule has 0 aromatic heterocycles. The first-order chi connectivity index (χ1) is 7.25. The molecule has 0 saturated heterocycles. The Balaban J connectivity index is 4.47. The second kappa shape index (κ2) is 6.67. The number of hydrogen-bond donors (Lipinski definition) is 1. The topological polar surface area (TPSA) is 35.1 Å². The summed E-state index contributed by atoms with van der Waals surface area (Å²) < 4.78 is 15.1. The molecule has 2 nitrogen and oxygen atoms in total. The van der Waals surface area contributed by atoms with Crippen LogP contribution >= 0.6 is 0 Å². The average Bonchev–Trinajstić information content (AvgIpc) is 2.13. The first-order valence-corrected chi connectivity index (χ1v) is 7.21. The average molecular weight is 245 g/mol. The molecule has 1 unspecified atom stereocenters. The van der Waals surface area contributed by atoms with Gasteiger partial charge in [0.1, 0.15) is 4.75 Å². The Morgan fingerprint density at radius 1 is 1.31 bits per heavy atom. The van der Waals surface area contributed by atoms with Crippen molar-refractivity contribution in [1.29, 1.82) is 0 Å². The molecule has 0 saturated carbocycles. The molecular weight excluding hydrogens is 218 g/mol. The number of hydrogen-bond acceptors (Lipinski definition) is 2. The zero-order chi connectivity index (χ0) is 12.8. The summed E-state index contributed by atoms with van der Waals surface area (Å²) in [5.74, 6) is 0. The molecular formula is C13H27NOS. The fourth-order valence-electron chi connectivity index (χ4n) is 1.46. The van der Waals surface area contributed by atoms with Gasteiger partial charge >= 0.3 is 0 Å². The van der Waals surface area contributed by atoms with Crippen molar-refractivity contribution in [2.75, 3.05) is 0 Å². The molecule has 0 heterocycles. The van der Waals surface area contributed by atoms with Gasteiger partial charge in [-0.3, -0.25) is 0 Å². The lowest BCUT2D eigenvalue weighted by Crippen LogP contribution is -2.51. The summed E-state index contributed by atoms with van der Waals surface area (Å²) in [7, 11) is 0. The van der Waals surface area contributed by atoms with Crippen LogP contribution in [-0.4, -0.2) is 14.8 Å². The first kappa shape index (κ1) is 16.0. The summed E-state index contributed by atoms with van der Waals surface area (Å²) in [6.07, 6.45) is 6.12. The van der Waals surface area contributed by atoms with Crippen molar-refractivity contribution in [2.24, 2.45) is 0 Å². The zero-order valence-electron chi connectivity index (χ0n) is 11.4. The highest BCUT2D eigenvalue weighted by Gasteiger charge is 2.34. The van der Waals surface area contributed by atoms with Crippen molar-refractivity contribution in [3.05, 3.63) is 12.7 Å². The second-order valence-electron chi connectivity index (χ2n) is 5.64. The molecule has 0 spiro atoms. The highest BCUT2D eigenvalue weighted by atomic mass is 32.2. The molecule has 0 aromatic carbocycles. The third-order valence-corrected chi connectivity index (χ3v) is 4.36. The van der Waals surface area contributed by atoms with E-state index in [1.54, 1.807) is 0 Å². The van der Waals surface area contributed by atoms with Crippen LogP contribution in [0.4, 0.5) is 0 Å². The highest BCUT2D eigenvalue weighted by Crippen LogP contribution is 2.23. The summed E-state index contributed by atoms with van der Waals surface area (Å²) >= 11 is -1.01. The van der Waals surface area contributed by atoms with Gasteiger partial charge in [-0.1, -0.05) is 25.8 Å². The lowest BCUT2D eigenvalue weighted by Gasteiger charge is -2.34. The summed E-state index contributed by atoms with van der Waals surface area (Å²) in [6.45, 7) is 14.1. The van der Waals surface area contributed by atoms with E-state index >= 15 is 0 Å². The Labute approximate surface area is 104 Å². The van der Waals surface area contributed by atoms with Crippen LogP contribution in [0, 0.1) is 0 Å². The molecule has 0 rings (SSSR count). The SMILES string of the molecule is C=CCC(C)(CCCC)N[S@@+]([O-])C(C)(C)C. The van der Waals surface area contributed by atoms with Gasteiger partial charge in [-0.15, -0.1) is 11.3 Å². The molecule has 2 atom stereocenters. The Kier molecular flexibility index (Phi) is 6.68. The highest BCUT2D eigenvalue weighted by molar-refractivity contribution is 7.90. The standard InChI is InChI=1S/C13H27NOS/c1-7-9-11-13(6,10-8-2)14-16(15)12(3,4)5/h8,14H,2,7,9-11H2,1,3-6H3/t13?,16-/m0/s1. The molecule has 0 amide bonds. The van der Waals surface area contributed by atoms with Crippen LogP contribution in [0.25, 0.3) is 0 Å². The smallest absolute Gasteiger partial charge is 0.136 e. The van der Waals surface area contributed by atoms with E-state index in [9.17, 15) is 4.55 Å². The summed E-state index contributed by atoms with van der Waals surface area (Å²) in [6, 6.07) is 0. The maximum Gasteiger partial charge on any atom is 0.136 e. The summed E-state index contributed by atoms with van der Waals surface area (Å²) in [5, 5.41) is 0. The predicted octanol–water partition coefficient (Wildman–Crippen LogP) is 3.56. The lowest BCUT2D eigenvalue weighted by atomic mass is 9.93. The molecule has 1 N–H and O–H groups in total. The van der Waals surface area contributed by atoms with Crippen LogP contribution in [0.1, 0.15) is 60.3 Å². The van der Waals surface area contributed by atoms with E-state index in [4.69, 9.17) is 0 Å². The fourth-order valence-corrected chi connectivity index (χ4v) is 2.40. The molecule has 96 valence electrons. The van der Waals surface area contributed by atoms with E-state index in [2.05, 4.69) is 25.1 Å². The first-order valence-electron chi connectivity index (χ1n) is 6.06. The predicted molar refractivity (Wildman–Crippen MR) is 73.8 cm³/mol. The Hall–Kier alpha value is 0.01000. The van der Waals surface area contributed by atoms with Gasteiger partial charge in [0.15, 0.2) is 0 Å². The van der Waals surface area contributed by atoms with E-state index in [0.29, 0.717) is 0 Å². The van der Waals surface area contributed by atoms with Crippen LogP contribution in [0.3, 0.4) is 0 Å². The Bertz CT molecular complexity index is 212. The molecule has 3 heteroatoms. The maximum absolute atomic E-state index is 12.1. The maximum atomic E-state index is 12.1. The third-order valence-electron chi connectivity index (χ3n) is 2.57. The largest absolute Gasteiger partial charge is 0.598 e. The Morgan fingerprint density at radius 2 is 1.88 bits per heavy atom. The minimum Gasteiger partial charge on any atom is -0.598 e. The van der Waals surface area contributed by atoms with Crippen LogP contribution in [-0.2, 0) is 11.4 Å². The molecule has 0 aliphatic rings. The van der Waals surface area contributed by atoms with Crippen LogP contribution in [0.15, 0.2) is 12.7 Å². The van der Waals surface area contributed by atoms with Crippen LogP contribution in [0.5, 0.6) is 0 Å². The van der Waals surface area contributed by atoms with E-state index < -0.39 is 11.4 Å². The molecule has 0 aliphatic heterocycles. The summed E-state index contributed by atoms with van der Waals surface area (Å²) in [4.78, 5) is 0. The number of unbranched alkanes of at least 4 members (excludes halogenated alkanes) is 1. The van der Waals surface area contributed by atoms with Gasteiger partial charge in [0, 0.05) is 11.4 Å². The number of nitrogens with one attached hydrogen (secondary N) is 1. The zero-order valence-corrected chi connectivity index (χ0v) is 12.2. The molecule has 0 aromatic rings. The molecule has 16 heavy (non-hydrogen) atoms. The second-order valence-corrected chi connectivity index (χ2v) is 7.61. The fraction of sp³-hybridized carbons (Fsp3) is 0.846. The van der Waals surface area contributed by atoms with Crippen molar-refractivity contribution in [2.45, 2.75) is 70.6 Å². The van der Waals surface area contributed by atoms with Gasteiger partial charge in [0.2, 0.25) is 0 Å². The van der Waals surface area contributed by atoms with Gasteiger partial charge in [-0.05, 0) is 40.5 Å². The molecule has 0 bridgehead atoms. The van der Waals surface area contributed by atoms with Gasteiger partial charge in [-0.2, -0.15) is 0 Å². The number of rotatable bonds is 7. The van der Waals surface area contributed by atoms with E-state index in [-0.39, 0.29) is 10.3 Å². The van der Waals surface area contributed by atoms with Crippen molar-refractivity contribution in [3.63, 3.8) is 0 Å². The van der Waals surface area contributed by atoms with Gasteiger partial charge < -0.3 is 4.55 Å². The van der Waals surface area contributed by atoms with Crippen LogP contribution in [0.2, 0.25) is 0 Å². The minimum absolute atomic E-state index is 0.0874. The minimum atomic E-state index is -1.01. The Morgan fingerprint density at radius 3 is 2.25 bits per heavy atom. The summed E-state index contributed by atoms with van der Waals surface area (Å²) in [5.41, 5.74) is -0.0874. The van der Waals surface area contributed by atoms with Crippen molar-refractivity contribution in [1.82, 2.24) is 4.72 Å². The van der Waals surface area contributed by atoms with Gasteiger partial charge in [0.05, 0.1) is 5.54 Å². The normalized spacial score (nSPS) is 17.9. The van der Waals surface area contributed by atoms with E-state index in [0.717, 1.165) is 25.7 Å². The van der Waals surface area contributed by atoms with E-state index in [1.165, 1.54) is 0 Å². The molecule has 0 radical (unpaired) electrons. The van der Waals surface area contributed by atoms with Crippen molar-refractivity contribution >= 4 is 11.4 Å². The van der Waals surface area contributed by atoms with Gasteiger partial charge in [-0.25, -0.2) is 0 Å². The van der Waals surface area contributed by atoms with E-state index in [1.807, 2.05) is 26.8 Å². The lowest BCUT2D eigenvalue weighted by molar-refractivity contribution is 0.372. The molecule has 0 fully saturated rings. The third kappa shape index (κ3) is 5.92. The van der Waals surface area contributed by atoms with Crippen LogP contribution < -0.4 is 4.72 Å². The van der Waals surface area contributed by atoms with Crippen molar-refractivity contribution < 1.29 is 4.55 Å². The monoisotopic (exact) mass is 245 g/mol. The molecule has 0 aliphatic carbocycles. The van der Waals surface area contributed by atoms with Crippen molar-refractivity contribution in [3.8, 4) is 0 Å².